The summed E-state index contributed by atoms with van der Waals surface area (Å²) in [7, 11) is -3.02. The largest absolute Gasteiger partial charge is 0.335 e. The molecule has 2 N–H and O–H groups in total. The van der Waals surface area contributed by atoms with E-state index in [1.807, 2.05) is 15.6 Å². The molecular formula is C17H25N5O4S. The van der Waals surface area contributed by atoms with Crippen molar-refractivity contribution in [1.82, 2.24) is 25.3 Å². The number of fused-ring (bicyclic) bond motifs is 1. The number of carbonyl (C=O) groups is 2. The molecule has 1 aliphatic carbocycles. The van der Waals surface area contributed by atoms with Crippen molar-refractivity contribution < 1.29 is 18.0 Å². The van der Waals surface area contributed by atoms with Crippen molar-refractivity contribution in [3.05, 3.63) is 17.5 Å². The molecule has 27 heavy (non-hydrogen) atoms. The van der Waals surface area contributed by atoms with Gasteiger partial charge in [-0.05, 0) is 25.3 Å². The molecule has 0 unspecified atom stereocenters. The zero-order valence-electron chi connectivity index (χ0n) is 15.2. The van der Waals surface area contributed by atoms with Crippen LogP contribution in [0.15, 0.2) is 6.07 Å². The number of sulfone groups is 1. The average Bonchev–Trinajstić information content (AvgIpc) is 3.12. The molecule has 1 atom stereocenters. The van der Waals surface area contributed by atoms with E-state index in [1.54, 1.807) is 0 Å². The molecule has 9 nitrogen and oxygen atoms in total. The maximum absolute atomic E-state index is 12.4. The van der Waals surface area contributed by atoms with Crippen LogP contribution in [-0.2, 0) is 34.3 Å². The fourth-order valence-electron chi connectivity index (χ4n) is 3.83. The molecule has 3 heterocycles. The zero-order valence-corrected chi connectivity index (χ0v) is 16.0. The maximum Gasteiger partial charge on any atom is 0.315 e. The van der Waals surface area contributed by atoms with Crippen molar-refractivity contribution in [3.63, 3.8) is 0 Å². The van der Waals surface area contributed by atoms with Gasteiger partial charge in [0.1, 0.15) is 0 Å². The number of urea groups is 1. The van der Waals surface area contributed by atoms with E-state index in [2.05, 4.69) is 15.7 Å². The van der Waals surface area contributed by atoms with Gasteiger partial charge in [-0.1, -0.05) is 6.42 Å². The Bertz CT molecular complexity index is 846. The normalized spacial score (nSPS) is 24.1. The molecule has 2 fully saturated rings. The van der Waals surface area contributed by atoms with Crippen LogP contribution in [0.4, 0.5) is 4.79 Å². The molecule has 0 bridgehead atoms. The molecule has 1 saturated carbocycles. The number of aromatic nitrogens is 2. The highest BCUT2D eigenvalue weighted by atomic mass is 32.2. The van der Waals surface area contributed by atoms with Gasteiger partial charge in [0.25, 0.3) is 0 Å². The van der Waals surface area contributed by atoms with Gasteiger partial charge >= 0.3 is 6.03 Å². The minimum Gasteiger partial charge on any atom is -0.335 e. The van der Waals surface area contributed by atoms with Gasteiger partial charge < -0.3 is 15.5 Å². The maximum atomic E-state index is 12.4. The summed E-state index contributed by atoms with van der Waals surface area (Å²) in [5.74, 6) is 0.578. The second-order valence-corrected chi connectivity index (χ2v) is 9.89. The number of amides is 3. The quantitative estimate of drug-likeness (QED) is 0.746. The number of carbonyl (C=O) groups excluding carboxylic acids is 2. The molecule has 4 rings (SSSR count). The average molecular weight is 395 g/mol. The molecule has 1 aromatic heterocycles. The number of nitrogens with zero attached hydrogens (tertiary/aromatic N) is 3. The first kappa shape index (κ1) is 18.3. The van der Waals surface area contributed by atoms with Gasteiger partial charge in [-0.15, -0.1) is 0 Å². The molecule has 3 amide bonds. The van der Waals surface area contributed by atoms with Gasteiger partial charge in [-0.3, -0.25) is 9.48 Å². The lowest BCUT2D eigenvalue weighted by atomic mass is 9.84. The predicted molar refractivity (Wildman–Crippen MR) is 97.4 cm³/mol. The van der Waals surface area contributed by atoms with Gasteiger partial charge in [0.2, 0.25) is 5.91 Å². The Balaban J connectivity index is 1.28. The summed E-state index contributed by atoms with van der Waals surface area (Å²) < 4.78 is 24.8. The van der Waals surface area contributed by atoms with Gasteiger partial charge in [-0.25, -0.2) is 13.2 Å². The van der Waals surface area contributed by atoms with Crippen LogP contribution in [0.5, 0.6) is 0 Å². The van der Waals surface area contributed by atoms with Crippen molar-refractivity contribution in [3.8, 4) is 0 Å². The van der Waals surface area contributed by atoms with Crippen LogP contribution in [0, 0.1) is 5.92 Å². The summed E-state index contributed by atoms with van der Waals surface area (Å²) in [6.45, 7) is 2.17. The molecule has 0 radical (unpaired) electrons. The molecule has 2 aliphatic heterocycles. The molecule has 0 aromatic carbocycles. The second-order valence-electron chi connectivity index (χ2n) is 7.66. The van der Waals surface area contributed by atoms with Gasteiger partial charge in [0, 0.05) is 18.5 Å². The predicted octanol–water partition coefficient (Wildman–Crippen LogP) is 0.0117. The van der Waals surface area contributed by atoms with E-state index in [0.29, 0.717) is 26.1 Å². The summed E-state index contributed by atoms with van der Waals surface area (Å²) in [5.41, 5.74) is 1.71. The van der Waals surface area contributed by atoms with Crippen LogP contribution >= 0.6 is 0 Å². The van der Waals surface area contributed by atoms with Crippen LogP contribution in [0.3, 0.4) is 0 Å². The van der Waals surface area contributed by atoms with Crippen LogP contribution in [0.2, 0.25) is 0 Å². The monoisotopic (exact) mass is 395 g/mol. The van der Waals surface area contributed by atoms with Crippen molar-refractivity contribution in [2.75, 3.05) is 18.1 Å². The smallest absolute Gasteiger partial charge is 0.315 e. The van der Waals surface area contributed by atoms with Crippen molar-refractivity contribution in [2.24, 2.45) is 5.92 Å². The number of nitrogens with one attached hydrogen (secondary N) is 2. The lowest BCUT2D eigenvalue weighted by Gasteiger charge is -2.34. The van der Waals surface area contributed by atoms with E-state index in [0.717, 1.165) is 30.7 Å². The molecule has 10 heteroatoms. The Morgan fingerprint density at radius 1 is 1.22 bits per heavy atom. The molecular weight excluding hydrogens is 370 g/mol. The number of hydrogen-bond acceptors (Lipinski definition) is 5. The molecule has 1 saturated heterocycles. The third-order valence-electron chi connectivity index (χ3n) is 5.61. The highest BCUT2D eigenvalue weighted by Gasteiger charge is 2.32. The third-order valence-corrected chi connectivity index (χ3v) is 7.38. The van der Waals surface area contributed by atoms with Crippen LogP contribution in [0.1, 0.15) is 37.1 Å². The Morgan fingerprint density at radius 2 is 2.04 bits per heavy atom. The van der Waals surface area contributed by atoms with Gasteiger partial charge in [0.05, 0.1) is 42.5 Å². The lowest BCUT2D eigenvalue weighted by Crippen LogP contribution is -2.43. The summed E-state index contributed by atoms with van der Waals surface area (Å²) in [6, 6.07) is 1.21. The van der Waals surface area contributed by atoms with Gasteiger partial charge in [-0.2, -0.15) is 5.10 Å². The SMILES string of the molecule is O=C(NCc1cc2n(n1)CCN(C(=O)C1CCC1)C2)N[C@@H]1CCS(=O)(=O)C1. The number of hydrogen-bond donors (Lipinski definition) is 2. The standard InChI is InChI=1S/C17H25N5O4S/c23-16(12-2-1-3-12)21-5-6-22-15(10-21)8-14(20-22)9-18-17(24)19-13-4-7-27(25,26)11-13/h8,12-13H,1-7,9-11H2,(H2,18,19,24)/t13-/m1/s1. The summed E-state index contributed by atoms with van der Waals surface area (Å²) >= 11 is 0. The van der Waals surface area contributed by atoms with E-state index in [4.69, 9.17) is 0 Å². The first-order valence-electron chi connectivity index (χ1n) is 9.49. The summed E-state index contributed by atoms with van der Waals surface area (Å²) in [6.07, 6.45) is 3.61. The molecule has 0 spiro atoms. The summed E-state index contributed by atoms with van der Waals surface area (Å²) in [4.78, 5) is 26.3. The fraction of sp³-hybridized carbons (Fsp3) is 0.706. The Morgan fingerprint density at radius 3 is 2.70 bits per heavy atom. The minimum absolute atomic E-state index is 0.00402. The minimum atomic E-state index is -3.02. The van der Waals surface area contributed by atoms with Crippen LogP contribution in [0.25, 0.3) is 0 Å². The van der Waals surface area contributed by atoms with E-state index >= 15 is 0 Å². The van der Waals surface area contributed by atoms with Crippen LogP contribution < -0.4 is 10.6 Å². The Hall–Kier alpha value is -2.10. The first-order valence-corrected chi connectivity index (χ1v) is 11.3. The van der Waals surface area contributed by atoms with E-state index in [1.165, 1.54) is 0 Å². The Labute approximate surface area is 158 Å². The van der Waals surface area contributed by atoms with Crippen LogP contribution in [-0.4, -0.2) is 59.1 Å². The second kappa shape index (κ2) is 7.14. The fourth-order valence-corrected chi connectivity index (χ4v) is 5.50. The zero-order chi connectivity index (χ0) is 19.0. The van der Waals surface area contributed by atoms with Crippen molar-refractivity contribution >= 4 is 21.8 Å². The van der Waals surface area contributed by atoms with E-state index in [9.17, 15) is 18.0 Å². The lowest BCUT2D eigenvalue weighted by molar-refractivity contribution is -0.139. The topological polar surface area (TPSA) is 113 Å². The highest BCUT2D eigenvalue weighted by Crippen LogP contribution is 2.29. The van der Waals surface area contributed by atoms with Crippen molar-refractivity contribution in [1.29, 1.82) is 0 Å². The molecule has 148 valence electrons. The number of rotatable bonds is 4. The van der Waals surface area contributed by atoms with E-state index < -0.39 is 9.84 Å². The van der Waals surface area contributed by atoms with Gasteiger partial charge in [0.15, 0.2) is 9.84 Å². The molecule has 1 aromatic rings. The summed E-state index contributed by atoms with van der Waals surface area (Å²) in [5, 5.41) is 9.92. The van der Waals surface area contributed by atoms with E-state index in [-0.39, 0.29) is 41.9 Å². The highest BCUT2D eigenvalue weighted by molar-refractivity contribution is 7.91. The third kappa shape index (κ3) is 4.10. The van der Waals surface area contributed by atoms with Crippen molar-refractivity contribution in [2.45, 2.75) is 51.4 Å². The molecule has 3 aliphatic rings. The first-order chi connectivity index (χ1) is 12.9. The Kier molecular flexibility index (Phi) is 4.83.